The molecule has 3 rings (SSSR count). The van der Waals surface area contributed by atoms with Gasteiger partial charge in [-0.3, -0.25) is 14.5 Å². The lowest BCUT2D eigenvalue weighted by Crippen LogP contribution is -2.41. The number of likely N-dealkylation sites (tertiary alicyclic amines) is 1. The number of methoxy groups -OCH3 is 1. The number of nitrogens with one attached hydrogen (secondary N) is 2. The average Bonchev–Trinajstić information content (AvgIpc) is 3.39. The molecule has 1 fully saturated rings. The number of carbonyl (C=O) groups is 2. The maximum absolute atomic E-state index is 12.3. The van der Waals surface area contributed by atoms with E-state index in [0.29, 0.717) is 11.2 Å². The molecule has 1 saturated heterocycles. The van der Waals surface area contributed by atoms with E-state index in [4.69, 9.17) is 9.15 Å². The Morgan fingerprint density at radius 1 is 1.18 bits per heavy atom. The van der Waals surface area contributed by atoms with Crippen LogP contribution in [0.2, 0.25) is 0 Å². The summed E-state index contributed by atoms with van der Waals surface area (Å²) in [7, 11) is 1.65. The fourth-order valence-electron chi connectivity index (χ4n) is 3.39. The highest BCUT2D eigenvalue weighted by molar-refractivity contribution is 9.10. The molecule has 2 amide bonds. The molecule has 8 heteroatoms. The largest absolute Gasteiger partial charge is 0.496 e. The van der Waals surface area contributed by atoms with E-state index in [9.17, 15) is 9.59 Å². The number of halogens is 1. The Morgan fingerprint density at radius 2 is 1.93 bits per heavy atom. The predicted octanol–water partition coefficient (Wildman–Crippen LogP) is 2.73. The van der Waals surface area contributed by atoms with Crippen molar-refractivity contribution >= 4 is 27.7 Å². The number of benzene rings is 1. The highest BCUT2D eigenvalue weighted by Gasteiger charge is 2.26. The number of hydrogen-bond acceptors (Lipinski definition) is 5. The SMILES string of the molecule is COc1ccccc1C(CNC(=O)CNC(=O)c1ccc(Br)o1)N1CCCC1. The topological polar surface area (TPSA) is 83.8 Å². The lowest BCUT2D eigenvalue weighted by molar-refractivity contribution is -0.120. The first-order valence-corrected chi connectivity index (χ1v) is 10.0. The summed E-state index contributed by atoms with van der Waals surface area (Å²) in [6.07, 6.45) is 2.29. The van der Waals surface area contributed by atoms with Crippen LogP contribution in [0.4, 0.5) is 0 Å². The van der Waals surface area contributed by atoms with Crippen molar-refractivity contribution < 1.29 is 18.7 Å². The zero-order valence-electron chi connectivity index (χ0n) is 15.7. The molecule has 0 radical (unpaired) electrons. The van der Waals surface area contributed by atoms with Gasteiger partial charge >= 0.3 is 0 Å². The zero-order valence-corrected chi connectivity index (χ0v) is 17.3. The minimum Gasteiger partial charge on any atom is -0.496 e. The first-order valence-electron chi connectivity index (χ1n) is 9.25. The third-order valence-corrected chi connectivity index (χ3v) is 5.20. The van der Waals surface area contributed by atoms with Gasteiger partial charge in [0.05, 0.1) is 19.7 Å². The van der Waals surface area contributed by atoms with Gasteiger partial charge in [0, 0.05) is 12.1 Å². The van der Waals surface area contributed by atoms with Gasteiger partial charge in [-0.05, 0) is 60.1 Å². The van der Waals surface area contributed by atoms with Gasteiger partial charge in [0.25, 0.3) is 5.91 Å². The van der Waals surface area contributed by atoms with Crippen LogP contribution in [0.15, 0.2) is 45.5 Å². The van der Waals surface area contributed by atoms with Crippen molar-refractivity contribution in [1.82, 2.24) is 15.5 Å². The molecule has 2 N–H and O–H groups in total. The number of nitrogens with zero attached hydrogens (tertiary/aromatic N) is 1. The van der Waals surface area contributed by atoms with E-state index in [1.54, 1.807) is 19.2 Å². The Balaban J connectivity index is 1.58. The molecular weight excluding hydrogens is 426 g/mol. The molecule has 150 valence electrons. The lowest BCUT2D eigenvalue weighted by atomic mass is 10.0. The van der Waals surface area contributed by atoms with E-state index >= 15 is 0 Å². The smallest absolute Gasteiger partial charge is 0.287 e. The number of rotatable bonds is 8. The van der Waals surface area contributed by atoms with Crippen LogP contribution in [0.5, 0.6) is 5.75 Å². The Bertz CT molecular complexity index is 817. The van der Waals surface area contributed by atoms with Crippen LogP contribution in [-0.4, -0.2) is 50.0 Å². The molecule has 28 heavy (non-hydrogen) atoms. The number of para-hydroxylation sites is 1. The highest BCUT2D eigenvalue weighted by atomic mass is 79.9. The Hall–Kier alpha value is -2.32. The van der Waals surface area contributed by atoms with Crippen molar-refractivity contribution in [2.24, 2.45) is 0 Å². The molecule has 0 spiro atoms. The Kier molecular flexibility index (Phi) is 7.11. The number of carbonyl (C=O) groups excluding carboxylic acids is 2. The zero-order chi connectivity index (χ0) is 19.9. The maximum Gasteiger partial charge on any atom is 0.287 e. The third-order valence-electron chi connectivity index (χ3n) is 4.78. The second kappa shape index (κ2) is 9.75. The van der Waals surface area contributed by atoms with Gasteiger partial charge in [-0.25, -0.2) is 0 Å². The Morgan fingerprint density at radius 3 is 2.61 bits per heavy atom. The van der Waals surface area contributed by atoms with Crippen LogP contribution >= 0.6 is 15.9 Å². The number of furan rings is 1. The van der Waals surface area contributed by atoms with Crippen molar-refractivity contribution in [2.75, 3.05) is 33.3 Å². The molecule has 2 heterocycles. The standard InChI is InChI=1S/C20H24BrN3O4/c1-27-16-7-3-2-6-14(16)15(24-10-4-5-11-24)12-22-19(25)13-23-20(26)17-8-9-18(21)28-17/h2-3,6-9,15H,4-5,10-13H2,1H3,(H,22,25)(H,23,26). The fraction of sp³-hybridized carbons (Fsp3) is 0.400. The van der Waals surface area contributed by atoms with Gasteiger partial charge in [0.15, 0.2) is 10.4 Å². The Labute approximate surface area is 172 Å². The van der Waals surface area contributed by atoms with Crippen LogP contribution in [-0.2, 0) is 4.79 Å². The molecular formula is C20H24BrN3O4. The third kappa shape index (κ3) is 5.14. The first-order chi connectivity index (χ1) is 13.6. The van der Waals surface area contributed by atoms with E-state index in [0.717, 1.165) is 37.2 Å². The predicted molar refractivity (Wildman–Crippen MR) is 108 cm³/mol. The van der Waals surface area contributed by atoms with Crippen LogP contribution in [0.3, 0.4) is 0 Å². The summed E-state index contributed by atoms with van der Waals surface area (Å²) in [6, 6.07) is 11.1. The van der Waals surface area contributed by atoms with E-state index in [-0.39, 0.29) is 24.3 Å². The van der Waals surface area contributed by atoms with Crippen molar-refractivity contribution in [3.8, 4) is 5.75 Å². The minimum absolute atomic E-state index is 0.0272. The molecule has 1 aromatic heterocycles. The number of ether oxygens (including phenoxy) is 1. The second-order valence-corrected chi connectivity index (χ2v) is 7.37. The van der Waals surface area contributed by atoms with Gasteiger partial charge in [-0.2, -0.15) is 0 Å². The molecule has 0 saturated carbocycles. The normalized spacial score (nSPS) is 15.2. The maximum atomic E-state index is 12.3. The molecule has 1 aromatic carbocycles. The van der Waals surface area contributed by atoms with Gasteiger partial charge in [0.2, 0.25) is 5.91 Å². The van der Waals surface area contributed by atoms with Crippen molar-refractivity contribution in [3.63, 3.8) is 0 Å². The summed E-state index contributed by atoms with van der Waals surface area (Å²) in [5.74, 6) is 0.286. The monoisotopic (exact) mass is 449 g/mol. The summed E-state index contributed by atoms with van der Waals surface area (Å²) < 4.78 is 11.2. The van der Waals surface area contributed by atoms with Crippen molar-refractivity contribution in [2.45, 2.75) is 18.9 Å². The van der Waals surface area contributed by atoms with E-state index in [1.807, 2.05) is 24.3 Å². The van der Waals surface area contributed by atoms with E-state index in [1.165, 1.54) is 0 Å². The summed E-state index contributed by atoms with van der Waals surface area (Å²) in [6.45, 7) is 2.31. The van der Waals surface area contributed by atoms with Gasteiger partial charge in [-0.1, -0.05) is 18.2 Å². The molecule has 2 aromatic rings. The summed E-state index contributed by atoms with van der Waals surface area (Å²) in [5, 5.41) is 5.49. The van der Waals surface area contributed by atoms with Crippen molar-refractivity contribution in [1.29, 1.82) is 0 Å². The van der Waals surface area contributed by atoms with Crippen molar-refractivity contribution in [3.05, 3.63) is 52.4 Å². The van der Waals surface area contributed by atoms with Gasteiger partial charge in [0.1, 0.15) is 5.75 Å². The fourth-order valence-corrected chi connectivity index (χ4v) is 3.69. The molecule has 1 atom stereocenters. The first kappa shape index (κ1) is 20.4. The van der Waals surface area contributed by atoms with Gasteiger partial charge < -0.3 is 19.8 Å². The molecule has 7 nitrogen and oxygen atoms in total. The van der Waals surface area contributed by atoms with Gasteiger partial charge in [-0.15, -0.1) is 0 Å². The van der Waals surface area contributed by atoms with Crippen LogP contribution in [0.25, 0.3) is 0 Å². The van der Waals surface area contributed by atoms with E-state index < -0.39 is 5.91 Å². The van der Waals surface area contributed by atoms with Crippen LogP contribution in [0, 0.1) is 0 Å². The van der Waals surface area contributed by atoms with Crippen LogP contribution < -0.4 is 15.4 Å². The number of hydrogen-bond donors (Lipinski definition) is 2. The summed E-state index contributed by atoms with van der Waals surface area (Å²) >= 11 is 3.15. The number of amides is 2. The minimum atomic E-state index is -0.429. The molecule has 1 unspecified atom stereocenters. The summed E-state index contributed by atoms with van der Waals surface area (Å²) in [4.78, 5) is 26.6. The molecule has 1 aliphatic heterocycles. The summed E-state index contributed by atoms with van der Waals surface area (Å²) in [5.41, 5.74) is 1.05. The second-order valence-electron chi connectivity index (χ2n) is 6.59. The quantitative estimate of drug-likeness (QED) is 0.647. The molecule has 0 aliphatic carbocycles. The van der Waals surface area contributed by atoms with Crippen LogP contribution in [0.1, 0.15) is 35.0 Å². The highest BCUT2D eigenvalue weighted by Crippen LogP contribution is 2.31. The lowest BCUT2D eigenvalue weighted by Gasteiger charge is -2.29. The molecule has 0 bridgehead atoms. The molecule has 1 aliphatic rings. The average molecular weight is 450 g/mol. The van der Waals surface area contributed by atoms with E-state index in [2.05, 4.69) is 31.5 Å².